The summed E-state index contributed by atoms with van der Waals surface area (Å²) in [7, 11) is 0. The zero-order chi connectivity index (χ0) is 8.97. The Hall–Kier alpha value is -1.00. The second kappa shape index (κ2) is 4.13. The summed E-state index contributed by atoms with van der Waals surface area (Å²) in [5.74, 6) is 2.19. The van der Waals surface area contributed by atoms with E-state index in [4.69, 9.17) is 18.0 Å². The number of terminal acetylenes is 1. The standard InChI is InChI=1S/C10H8ClF/c1-2-3-4-8-5-6-9(12)7-10(8)11/h1,5-7H,3-4H2. The van der Waals surface area contributed by atoms with Gasteiger partial charge < -0.3 is 0 Å². The molecule has 0 aliphatic carbocycles. The topological polar surface area (TPSA) is 0 Å². The maximum atomic E-state index is 12.5. The molecule has 0 saturated carbocycles. The normalized spacial score (nSPS) is 9.42. The summed E-state index contributed by atoms with van der Waals surface area (Å²) in [6, 6.07) is 4.35. The predicted molar refractivity (Wildman–Crippen MR) is 48.6 cm³/mol. The smallest absolute Gasteiger partial charge is 0.124 e. The van der Waals surface area contributed by atoms with Crippen LogP contribution in [0.3, 0.4) is 0 Å². The van der Waals surface area contributed by atoms with Gasteiger partial charge in [-0.15, -0.1) is 12.3 Å². The van der Waals surface area contributed by atoms with E-state index in [1.54, 1.807) is 6.07 Å². The van der Waals surface area contributed by atoms with E-state index in [9.17, 15) is 4.39 Å². The predicted octanol–water partition coefficient (Wildman–Crippen LogP) is 3.04. The molecule has 0 amide bonds. The fraction of sp³-hybridized carbons (Fsp3) is 0.200. The van der Waals surface area contributed by atoms with E-state index in [1.807, 2.05) is 0 Å². The zero-order valence-electron chi connectivity index (χ0n) is 6.48. The highest BCUT2D eigenvalue weighted by atomic mass is 35.5. The van der Waals surface area contributed by atoms with Gasteiger partial charge in [-0.25, -0.2) is 4.39 Å². The van der Waals surface area contributed by atoms with Crippen molar-refractivity contribution in [2.75, 3.05) is 0 Å². The first-order chi connectivity index (χ1) is 5.74. The lowest BCUT2D eigenvalue weighted by atomic mass is 10.1. The van der Waals surface area contributed by atoms with Crippen molar-refractivity contribution in [2.45, 2.75) is 12.8 Å². The number of rotatable bonds is 2. The number of halogens is 2. The minimum Gasteiger partial charge on any atom is -0.207 e. The molecular formula is C10H8ClF. The van der Waals surface area contributed by atoms with Gasteiger partial charge in [0.15, 0.2) is 0 Å². The molecule has 62 valence electrons. The lowest BCUT2D eigenvalue weighted by molar-refractivity contribution is 0.627. The molecule has 1 rings (SSSR count). The molecule has 0 fully saturated rings. The van der Waals surface area contributed by atoms with Crippen LogP contribution in [0.1, 0.15) is 12.0 Å². The van der Waals surface area contributed by atoms with Gasteiger partial charge in [-0.3, -0.25) is 0 Å². The van der Waals surface area contributed by atoms with Gasteiger partial charge in [-0.2, -0.15) is 0 Å². The third kappa shape index (κ3) is 2.25. The number of benzene rings is 1. The Balaban J connectivity index is 2.81. The molecule has 1 aromatic carbocycles. The Morgan fingerprint density at radius 2 is 2.25 bits per heavy atom. The van der Waals surface area contributed by atoms with Crippen molar-refractivity contribution in [3.63, 3.8) is 0 Å². The van der Waals surface area contributed by atoms with Crippen LogP contribution in [0.5, 0.6) is 0 Å². The molecule has 0 bridgehead atoms. The summed E-state index contributed by atoms with van der Waals surface area (Å²) in [5, 5.41) is 0.449. The van der Waals surface area contributed by atoms with Crippen LogP contribution in [0.2, 0.25) is 5.02 Å². The fourth-order valence-electron chi connectivity index (χ4n) is 0.931. The molecule has 12 heavy (non-hydrogen) atoms. The van der Waals surface area contributed by atoms with Gasteiger partial charge in [0.1, 0.15) is 5.82 Å². The lowest BCUT2D eigenvalue weighted by Gasteiger charge is -2.00. The monoisotopic (exact) mass is 182 g/mol. The molecular weight excluding hydrogens is 175 g/mol. The van der Waals surface area contributed by atoms with Crippen LogP contribution in [0.25, 0.3) is 0 Å². The first-order valence-electron chi connectivity index (χ1n) is 3.61. The Kier molecular flexibility index (Phi) is 3.13. The molecule has 2 heteroatoms. The Morgan fingerprint density at radius 3 is 2.83 bits per heavy atom. The van der Waals surface area contributed by atoms with E-state index in [2.05, 4.69) is 5.92 Å². The highest BCUT2D eigenvalue weighted by molar-refractivity contribution is 6.31. The van der Waals surface area contributed by atoms with Gasteiger partial charge in [0.05, 0.1) is 0 Å². The summed E-state index contributed by atoms with van der Waals surface area (Å²) in [6.45, 7) is 0. The molecule has 0 nitrogen and oxygen atoms in total. The van der Waals surface area contributed by atoms with Crippen LogP contribution in [0, 0.1) is 18.2 Å². The van der Waals surface area contributed by atoms with Crippen LogP contribution in [0.4, 0.5) is 4.39 Å². The number of hydrogen-bond acceptors (Lipinski definition) is 0. The average molecular weight is 183 g/mol. The molecule has 0 atom stereocenters. The molecule has 0 spiro atoms. The van der Waals surface area contributed by atoms with Gasteiger partial charge >= 0.3 is 0 Å². The van der Waals surface area contributed by atoms with Crippen molar-refractivity contribution in [3.05, 3.63) is 34.6 Å². The van der Waals surface area contributed by atoms with E-state index in [1.165, 1.54) is 12.1 Å². The molecule has 0 saturated heterocycles. The van der Waals surface area contributed by atoms with Crippen molar-refractivity contribution >= 4 is 11.6 Å². The van der Waals surface area contributed by atoms with E-state index < -0.39 is 0 Å². The Morgan fingerprint density at radius 1 is 1.50 bits per heavy atom. The second-order valence-electron chi connectivity index (χ2n) is 2.44. The van der Waals surface area contributed by atoms with Gasteiger partial charge in [0.25, 0.3) is 0 Å². The molecule has 1 aromatic rings. The van der Waals surface area contributed by atoms with Crippen molar-refractivity contribution in [1.82, 2.24) is 0 Å². The van der Waals surface area contributed by atoms with Crippen LogP contribution >= 0.6 is 11.6 Å². The van der Waals surface area contributed by atoms with Crippen LogP contribution < -0.4 is 0 Å². The van der Waals surface area contributed by atoms with Crippen molar-refractivity contribution in [2.24, 2.45) is 0 Å². The minimum atomic E-state index is -0.315. The molecule has 0 aromatic heterocycles. The quantitative estimate of drug-likeness (QED) is 0.617. The van der Waals surface area contributed by atoms with Crippen molar-refractivity contribution in [3.8, 4) is 12.3 Å². The fourth-order valence-corrected chi connectivity index (χ4v) is 1.19. The highest BCUT2D eigenvalue weighted by Gasteiger charge is 2.00. The largest absolute Gasteiger partial charge is 0.207 e. The highest BCUT2D eigenvalue weighted by Crippen LogP contribution is 2.18. The summed E-state index contributed by atoms with van der Waals surface area (Å²) < 4.78 is 12.5. The average Bonchev–Trinajstić information content (AvgIpc) is 2.03. The van der Waals surface area contributed by atoms with Gasteiger partial charge in [-0.1, -0.05) is 17.7 Å². The molecule has 0 aliphatic rings. The molecule has 0 unspecified atom stereocenters. The van der Waals surface area contributed by atoms with E-state index in [-0.39, 0.29) is 5.82 Å². The Labute approximate surface area is 76.4 Å². The van der Waals surface area contributed by atoms with Gasteiger partial charge in [0, 0.05) is 11.4 Å². The molecule has 0 radical (unpaired) electrons. The first kappa shape index (κ1) is 9.09. The minimum absolute atomic E-state index is 0.315. The van der Waals surface area contributed by atoms with Gasteiger partial charge in [-0.05, 0) is 24.1 Å². The van der Waals surface area contributed by atoms with E-state index in [0.717, 1.165) is 5.56 Å². The maximum absolute atomic E-state index is 12.5. The lowest BCUT2D eigenvalue weighted by Crippen LogP contribution is -1.86. The van der Waals surface area contributed by atoms with E-state index in [0.29, 0.717) is 17.9 Å². The summed E-state index contributed by atoms with van der Waals surface area (Å²) in [6.07, 6.45) is 6.42. The summed E-state index contributed by atoms with van der Waals surface area (Å²) in [5.41, 5.74) is 0.899. The number of aryl methyl sites for hydroxylation is 1. The SMILES string of the molecule is C#CCCc1ccc(F)cc1Cl. The molecule has 0 N–H and O–H groups in total. The van der Waals surface area contributed by atoms with Crippen LogP contribution in [-0.4, -0.2) is 0 Å². The maximum Gasteiger partial charge on any atom is 0.124 e. The van der Waals surface area contributed by atoms with Gasteiger partial charge in [0.2, 0.25) is 0 Å². The first-order valence-corrected chi connectivity index (χ1v) is 3.99. The third-order valence-corrected chi connectivity index (χ3v) is 1.91. The Bertz CT molecular complexity index is 312. The van der Waals surface area contributed by atoms with E-state index >= 15 is 0 Å². The summed E-state index contributed by atoms with van der Waals surface area (Å²) in [4.78, 5) is 0. The molecule has 0 aliphatic heterocycles. The van der Waals surface area contributed by atoms with Crippen LogP contribution in [0.15, 0.2) is 18.2 Å². The third-order valence-electron chi connectivity index (χ3n) is 1.55. The van der Waals surface area contributed by atoms with Crippen LogP contribution in [-0.2, 0) is 6.42 Å². The van der Waals surface area contributed by atoms with Crippen molar-refractivity contribution < 1.29 is 4.39 Å². The number of hydrogen-bond donors (Lipinski definition) is 0. The molecule has 0 heterocycles. The summed E-state index contributed by atoms with van der Waals surface area (Å²) >= 11 is 5.76. The second-order valence-corrected chi connectivity index (χ2v) is 2.85. The zero-order valence-corrected chi connectivity index (χ0v) is 7.24. The van der Waals surface area contributed by atoms with Crippen molar-refractivity contribution in [1.29, 1.82) is 0 Å².